The molecule has 1 atom stereocenters. The summed E-state index contributed by atoms with van der Waals surface area (Å²) in [5.41, 5.74) is 1.27. The minimum absolute atomic E-state index is 0.273. The third-order valence-corrected chi connectivity index (χ3v) is 4.21. The van der Waals surface area contributed by atoms with Gasteiger partial charge in [0.1, 0.15) is 17.3 Å². The fourth-order valence-electron chi connectivity index (χ4n) is 2.64. The predicted octanol–water partition coefficient (Wildman–Crippen LogP) is 1.72. The first-order chi connectivity index (χ1) is 12.6. The first-order valence-electron chi connectivity index (χ1n) is 8.35. The van der Waals surface area contributed by atoms with Crippen LogP contribution in [0, 0.1) is 0 Å². The molecular formula is C19H20N4O3. The maximum atomic E-state index is 12.5. The summed E-state index contributed by atoms with van der Waals surface area (Å²) < 4.78 is 6.24. The summed E-state index contributed by atoms with van der Waals surface area (Å²) in [5, 5.41) is 11.2. The zero-order valence-corrected chi connectivity index (χ0v) is 14.7. The molecule has 0 fully saturated rings. The Labute approximate surface area is 150 Å². The Hall–Kier alpha value is -3.22. The Balaban J connectivity index is 1.64. The van der Waals surface area contributed by atoms with E-state index in [1.807, 2.05) is 24.3 Å². The summed E-state index contributed by atoms with van der Waals surface area (Å²) in [4.78, 5) is 24.9. The number of carbonyl (C=O) groups excluding carboxylic acids is 1. The molecule has 0 aliphatic carbocycles. The molecule has 0 unspecified atom stereocenters. The number of hydrogen-bond donors (Lipinski definition) is 1. The standard InChI is InChI=1S/C19H20N4O3/c1-13(23-19(25)16-5-3-4-6-17(16)21-22-23)18(24)20-12-11-14-7-9-15(26-2)10-8-14/h3-10,13H,11-12H2,1-2H3,(H,20,24)/t13-/m0/s1. The quantitative estimate of drug-likeness (QED) is 0.730. The molecule has 26 heavy (non-hydrogen) atoms. The zero-order chi connectivity index (χ0) is 18.5. The molecule has 7 nitrogen and oxygen atoms in total. The van der Waals surface area contributed by atoms with Gasteiger partial charge in [-0.15, -0.1) is 5.10 Å². The summed E-state index contributed by atoms with van der Waals surface area (Å²) in [6.07, 6.45) is 0.681. The minimum Gasteiger partial charge on any atom is -0.497 e. The average molecular weight is 352 g/mol. The molecule has 0 saturated carbocycles. The van der Waals surface area contributed by atoms with Gasteiger partial charge in [-0.3, -0.25) is 9.59 Å². The first-order valence-corrected chi connectivity index (χ1v) is 8.35. The third-order valence-electron chi connectivity index (χ3n) is 4.21. The van der Waals surface area contributed by atoms with Gasteiger partial charge in [0.15, 0.2) is 0 Å². The van der Waals surface area contributed by atoms with E-state index in [4.69, 9.17) is 4.74 Å². The van der Waals surface area contributed by atoms with E-state index in [-0.39, 0.29) is 11.5 Å². The molecule has 3 aromatic rings. The van der Waals surface area contributed by atoms with Gasteiger partial charge in [-0.25, -0.2) is 0 Å². The maximum Gasteiger partial charge on any atom is 0.278 e. The monoisotopic (exact) mass is 352 g/mol. The Morgan fingerprint density at radius 1 is 1.19 bits per heavy atom. The Morgan fingerprint density at radius 3 is 2.65 bits per heavy atom. The van der Waals surface area contributed by atoms with Crippen molar-refractivity contribution in [3.63, 3.8) is 0 Å². The highest BCUT2D eigenvalue weighted by Gasteiger charge is 2.18. The highest BCUT2D eigenvalue weighted by atomic mass is 16.5. The van der Waals surface area contributed by atoms with E-state index >= 15 is 0 Å². The molecule has 0 spiro atoms. The molecule has 0 aliphatic heterocycles. The molecule has 1 N–H and O–H groups in total. The fourth-order valence-corrected chi connectivity index (χ4v) is 2.64. The van der Waals surface area contributed by atoms with Crippen LogP contribution in [0.25, 0.3) is 10.9 Å². The molecule has 0 radical (unpaired) electrons. The molecular weight excluding hydrogens is 332 g/mol. The number of methoxy groups -OCH3 is 1. The van der Waals surface area contributed by atoms with Crippen LogP contribution in [0.4, 0.5) is 0 Å². The summed E-state index contributed by atoms with van der Waals surface area (Å²) in [5.74, 6) is 0.519. The molecule has 7 heteroatoms. The molecule has 3 rings (SSSR count). The lowest BCUT2D eigenvalue weighted by Crippen LogP contribution is -2.38. The SMILES string of the molecule is COc1ccc(CCNC(=O)[C@H](C)n2nnc3ccccc3c2=O)cc1. The smallest absolute Gasteiger partial charge is 0.278 e. The number of amides is 1. The van der Waals surface area contributed by atoms with E-state index in [1.54, 1.807) is 38.3 Å². The highest BCUT2D eigenvalue weighted by Crippen LogP contribution is 2.11. The maximum absolute atomic E-state index is 12.5. The second kappa shape index (κ2) is 7.77. The summed E-state index contributed by atoms with van der Waals surface area (Å²) in [6.45, 7) is 2.10. The van der Waals surface area contributed by atoms with Crippen LogP contribution in [0.15, 0.2) is 53.3 Å². The van der Waals surface area contributed by atoms with Gasteiger partial charge in [0.25, 0.3) is 5.56 Å². The van der Waals surface area contributed by atoms with Crippen LogP contribution in [-0.2, 0) is 11.2 Å². The van der Waals surface area contributed by atoms with Crippen LogP contribution in [0.5, 0.6) is 5.75 Å². The van der Waals surface area contributed by atoms with Crippen LogP contribution in [0.2, 0.25) is 0 Å². The van der Waals surface area contributed by atoms with E-state index < -0.39 is 6.04 Å². The van der Waals surface area contributed by atoms with Crippen molar-refractivity contribution in [3.05, 3.63) is 64.4 Å². The third kappa shape index (κ3) is 3.72. The molecule has 0 bridgehead atoms. The van der Waals surface area contributed by atoms with Crippen molar-refractivity contribution < 1.29 is 9.53 Å². The lowest BCUT2D eigenvalue weighted by molar-refractivity contribution is -0.124. The van der Waals surface area contributed by atoms with Gasteiger partial charge in [-0.05, 0) is 43.2 Å². The number of rotatable bonds is 6. The molecule has 2 aromatic carbocycles. The van der Waals surface area contributed by atoms with Crippen LogP contribution in [0.3, 0.4) is 0 Å². The second-order valence-corrected chi connectivity index (χ2v) is 5.92. The summed E-state index contributed by atoms with van der Waals surface area (Å²) >= 11 is 0. The number of benzene rings is 2. The lowest BCUT2D eigenvalue weighted by Gasteiger charge is -2.13. The first kappa shape index (κ1) is 17.6. The average Bonchev–Trinajstić information content (AvgIpc) is 2.68. The lowest BCUT2D eigenvalue weighted by atomic mass is 10.1. The van der Waals surface area contributed by atoms with Crippen LogP contribution < -0.4 is 15.6 Å². The van der Waals surface area contributed by atoms with E-state index in [2.05, 4.69) is 15.6 Å². The number of carbonyl (C=O) groups is 1. The van der Waals surface area contributed by atoms with Crippen molar-refractivity contribution in [1.29, 1.82) is 0 Å². The second-order valence-electron chi connectivity index (χ2n) is 5.92. The molecule has 1 heterocycles. The van der Waals surface area contributed by atoms with E-state index in [9.17, 15) is 9.59 Å². The summed E-state index contributed by atoms with van der Waals surface area (Å²) in [6, 6.07) is 13.9. The van der Waals surface area contributed by atoms with Crippen LogP contribution in [-0.4, -0.2) is 34.6 Å². The number of hydrogen-bond acceptors (Lipinski definition) is 5. The van der Waals surface area contributed by atoms with Crippen molar-refractivity contribution in [1.82, 2.24) is 20.3 Å². The van der Waals surface area contributed by atoms with E-state index in [0.717, 1.165) is 16.0 Å². The number of aromatic nitrogens is 3. The molecule has 1 amide bonds. The topological polar surface area (TPSA) is 86.1 Å². The number of fused-ring (bicyclic) bond motifs is 1. The number of nitrogens with one attached hydrogen (secondary N) is 1. The van der Waals surface area contributed by atoms with Gasteiger partial charge in [0, 0.05) is 6.54 Å². The molecule has 134 valence electrons. The molecule has 1 aromatic heterocycles. The van der Waals surface area contributed by atoms with Crippen molar-refractivity contribution in [2.45, 2.75) is 19.4 Å². The Bertz CT molecular complexity index is 966. The highest BCUT2D eigenvalue weighted by molar-refractivity contribution is 5.81. The Kier molecular flexibility index (Phi) is 5.26. The van der Waals surface area contributed by atoms with Crippen molar-refractivity contribution in [3.8, 4) is 5.75 Å². The fraction of sp³-hybridized carbons (Fsp3) is 0.263. The van der Waals surface area contributed by atoms with E-state index in [1.165, 1.54) is 0 Å². The summed E-state index contributed by atoms with van der Waals surface area (Å²) in [7, 11) is 1.62. The Morgan fingerprint density at radius 2 is 1.92 bits per heavy atom. The number of nitrogens with zero attached hydrogens (tertiary/aromatic N) is 3. The van der Waals surface area contributed by atoms with Gasteiger partial charge in [0.05, 0.1) is 12.5 Å². The predicted molar refractivity (Wildman–Crippen MR) is 98.2 cm³/mol. The van der Waals surface area contributed by atoms with Crippen LogP contribution in [0.1, 0.15) is 18.5 Å². The zero-order valence-electron chi connectivity index (χ0n) is 14.7. The molecule has 0 aliphatic rings. The van der Waals surface area contributed by atoms with Gasteiger partial charge in [-0.2, -0.15) is 4.68 Å². The van der Waals surface area contributed by atoms with Crippen molar-refractivity contribution >= 4 is 16.8 Å². The largest absolute Gasteiger partial charge is 0.497 e. The van der Waals surface area contributed by atoms with E-state index in [0.29, 0.717) is 23.9 Å². The van der Waals surface area contributed by atoms with Gasteiger partial charge < -0.3 is 10.1 Å². The van der Waals surface area contributed by atoms with Gasteiger partial charge in [0.2, 0.25) is 5.91 Å². The van der Waals surface area contributed by atoms with Crippen molar-refractivity contribution in [2.75, 3.05) is 13.7 Å². The van der Waals surface area contributed by atoms with Gasteiger partial charge >= 0.3 is 0 Å². The molecule has 0 saturated heterocycles. The normalized spacial score (nSPS) is 11.9. The minimum atomic E-state index is -0.740. The van der Waals surface area contributed by atoms with Crippen LogP contribution >= 0.6 is 0 Å². The number of ether oxygens (including phenoxy) is 1. The van der Waals surface area contributed by atoms with Crippen molar-refractivity contribution in [2.24, 2.45) is 0 Å². The van der Waals surface area contributed by atoms with Gasteiger partial charge in [-0.1, -0.05) is 29.5 Å².